The van der Waals surface area contributed by atoms with E-state index in [-0.39, 0.29) is 30.2 Å². The van der Waals surface area contributed by atoms with Crippen molar-refractivity contribution in [2.45, 2.75) is 39.3 Å². The molecule has 1 aromatic carbocycles. The second kappa shape index (κ2) is 9.44. The number of hydrogen-bond acceptors (Lipinski definition) is 6. The number of nitrogens with zero attached hydrogens (tertiary/aromatic N) is 2. The fourth-order valence-corrected chi connectivity index (χ4v) is 1.58. The average Bonchev–Trinajstić information content (AvgIpc) is 2.44. The molecule has 7 nitrogen and oxygen atoms in total. The van der Waals surface area contributed by atoms with Crippen molar-refractivity contribution < 1.29 is 14.9 Å². The summed E-state index contributed by atoms with van der Waals surface area (Å²) in [6.07, 6.45) is -0.660. The van der Waals surface area contributed by atoms with E-state index in [1.165, 1.54) is 12.1 Å². The molecule has 0 spiro atoms. The molecule has 0 aliphatic rings. The quantitative estimate of drug-likeness (QED) is 0.449. The molecule has 2 N–H and O–H groups in total. The number of oxime groups is 1. The van der Waals surface area contributed by atoms with Gasteiger partial charge in [0.25, 0.3) is 5.69 Å². The molecular formula is C15H24ClN3O4. The summed E-state index contributed by atoms with van der Waals surface area (Å²) in [5, 5.41) is 27.4. The Bertz CT molecular complexity index is 527. The van der Waals surface area contributed by atoms with E-state index >= 15 is 0 Å². The number of nitrogens with one attached hydrogen (secondary N) is 1. The van der Waals surface area contributed by atoms with Crippen molar-refractivity contribution in [2.75, 3.05) is 13.2 Å². The molecule has 1 aromatic rings. The number of aliphatic hydroxyl groups is 1. The van der Waals surface area contributed by atoms with Crippen molar-refractivity contribution in [1.82, 2.24) is 5.32 Å². The van der Waals surface area contributed by atoms with Crippen LogP contribution in [0, 0.1) is 10.1 Å². The highest BCUT2D eigenvalue weighted by Gasteiger charge is 2.12. The maximum Gasteiger partial charge on any atom is 0.269 e. The molecule has 1 unspecified atom stereocenters. The Morgan fingerprint density at radius 3 is 2.43 bits per heavy atom. The van der Waals surface area contributed by atoms with Gasteiger partial charge in [0.1, 0.15) is 12.7 Å². The first-order valence-electron chi connectivity index (χ1n) is 7.03. The van der Waals surface area contributed by atoms with Crippen LogP contribution in [0.25, 0.3) is 0 Å². The first-order valence-corrected chi connectivity index (χ1v) is 7.03. The largest absolute Gasteiger partial charge is 0.393 e. The van der Waals surface area contributed by atoms with Gasteiger partial charge in [0.15, 0.2) is 0 Å². The third-order valence-corrected chi connectivity index (χ3v) is 2.83. The van der Waals surface area contributed by atoms with Crippen LogP contribution in [0.5, 0.6) is 0 Å². The van der Waals surface area contributed by atoms with Gasteiger partial charge in [0.05, 0.1) is 10.6 Å². The summed E-state index contributed by atoms with van der Waals surface area (Å²) in [6, 6.07) is 6.04. The summed E-state index contributed by atoms with van der Waals surface area (Å²) in [5.74, 6) is 0. The zero-order valence-corrected chi connectivity index (χ0v) is 14.6. The number of aliphatic hydroxyl groups excluding tert-OH is 1. The van der Waals surface area contributed by atoms with Gasteiger partial charge < -0.3 is 15.3 Å². The van der Waals surface area contributed by atoms with Gasteiger partial charge in [-0.05, 0) is 45.4 Å². The molecule has 0 bridgehead atoms. The topological polar surface area (TPSA) is 97.0 Å². The minimum Gasteiger partial charge on any atom is -0.393 e. The van der Waals surface area contributed by atoms with E-state index in [1.807, 2.05) is 20.8 Å². The smallest absolute Gasteiger partial charge is 0.269 e. The second-order valence-corrected chi connectivity index (χ2v) is 6.06. The fraction of sp³-hybridized carbons (Fsp3) is 0.533. The predicted molar refractivity (Wildman–Crippen MR) is 92.3 cm³/mol. The summed E-state index contributed by atoms with van der Waals surface area (Å²) in [6.45, 7) is 8.26. The molecule has 0 aliphatic carbocycles. The van der Waals surface area contributed by atoms with Gasteiger partial charge in [-0.1, -0.05) is 5.16 Å². The lowest BCUT2D eigenvalue weighted by Gasteiger charge is -2.22. The third kappa shape index (κ3) is 8.49. The number of benzene rings is 1. The van der Waals surface area contributed by atoms with Crippen LogP contribution in [0.4, 0.5) is 5.69 Å². The van der Waals surface area contributed by atoms with Crippen LogP contribution in [0.15, 0.2) is 29.4 Å². The summed E-state index contributed by atoms with van der Waals surface area (Å²) < 4.78 is 0. The first-order chi connectivity index (χ1) is 10.2. The minimum atomic E-state index is -0.660. The van der Waals surface area contributed by atoms with Crippen molar-refractivity contribution in [3.05, 3.63) is 39.9 Å². The molecule has 0 aliphatic heterocycles. The summed E-state index contributed by atoms with van der Waals surface area (Å²) >= 11 is 0. The Hall–Kier alpha value is -1.70. The molecule has 130 valence electrons. The number of β-amino-alcohol motifs (C(OH)–C–C–N with tert-alkyl or cyclic N) is 1. The predicted octanol–water partition coefficient (Wildman–Crippen LogP) is 2.51. The Labute approximate surface area is 142 Å². The van der Waals surface area contributed by atoms with Crippen LogP contribution in [-0.2, 0) is 4.84 Å². The number of halogens is 1. The van der Waals surface area contributed by atoms with Gasteiger partial charge in [0.2, 0.25) is 0 Å². The molecule has 1 rings (SSSR count). The maximum atomic E-state index is 10.6. The monoisotopic (exact) mass is 345 g/mol. The van der Waals surface area contributed by atoms with Crippen molar-refractivity contribution in [3.63, 3.8) is 0 Å². The standard InChI is InChI=1S/C15H23N3O4.ClH/c1-11(12-5-7-13(8-6-12)18(20)21)17-22-10-14(19)9-16-15(2,3)4;/h5-8,14,16,19H,9-10H2,1-4H3;1H/b17-11+;. The normalized spacial score (nSPS) is 13.2. The SMILES string of the molecule is C/C(=N\OCC(O)CNC(C)(C)C)c1ccc([N+](=O)[O-])cc1.Cl. The fourth-order valence-electron chi connectivity index (χ4n) is 1.58. The first kappa shape index (κ1) is 21.3. The van der Waals surface area contributed by atoms with Gasteiger partial charge in [-0.3, -0.25) is 10.1 Å². The molecular weight excluding hydrogens is 322 g/mol. The Morgan fingerprint density at radius 2 is 1.96 bits per heavy atom. The lowest BCUT2D eigenvalue weighted by molar-refractivity contribution is -0.384. The number of rotatable bonds is 7. The Kier molecular flexibility index (Phi) is 8.74. The lowest BCUT2D eigenvalue weighted by atomic mass is 10.1. The highest BCUT2D eigenvalue weighted by Crippen LogP contribution is 2.12. The van der Waals surface area contributed by atoms with Crippen LogP contribution in [-0.4, -0.2) is 40.5 Å². The number of nitro benzene ring substituents is 1. The Morgan fingerprint density at radius 1 is 1.39 bits per heavy atom. The number of non-ortho nitro benzene ring substituents is 1. The lowest BCUT2D eigenvalue weighted by Crippen LogP contribution is -2.42. The average molecular weight is 346 g/mol. The second-order valence-electron chi connectivity index (χ2n) is 6.06. The van der Waals surface area contributed by atoms with Crippen molar-refractivity contribution >= 4 is 23.8 Å². The summed E-state index contributed by atoms with van der Waals surface area (Å²) in [7, 11) is 0. The third-order valence-electron chi connectivity index (χ3n) is 2.83. The van der Waals surface area contributed by atoms with E-state index < -0.39 is 11.0 Å². The van der Waals surface area contributed by atoms with Gasteiger partial charge in [0, 0.05) is 24.2 Å². The van der Waals surface area contributed by atoms with Crippen LogP contribution in [0.3, 0.4) is 0 Å². The molecule has 0 amide bonds. The molecule has 23 heavy (non-hydrogen) atoms. The number of nitro groups is 1. The maximum absolute atomic E-state index is 10.6. The van der Waals surface area contributed by atoms with Gasteiger partial charge in [-0.15, -0.1) is 12.4 Å². The van der Waals surface area contributed by atoms with Crippen molar-refractivity contribution in [1.29, 1.82) is 0 Å². The highest BCUT2D eigenvalue weighted by atomic mass is 35.5. The van der Waals surface area contributed by atoms with Crippen LogP contribution in [0.2, 0.25) is 0 Å². The van der Waals surface area contributed by atoms with Gasteiger partial charge in [-0.2, -0.15) is 0 Å². The molecule has 0 fully saturated rings. The van der Waals surface area contributed by atoms with Crippen molar-refractivity contribution in [3.8, 4) is 0 Å². The Balaban J connectivity index is 0.00000484. The van der Waals surface area contributed by atoms with Gasteiger partial charge in [-0.25, -0.2) is 0 Å². The zero-order chi connectivity index (χ0) is 16.8. The van der Waals surface area contributed by atoms with Crippen molar-refractivity contribution in [2.24, 2.45) is 5.16 Å². The molecule has 8 heteroatoms. The summed E-state index contributed by atoms with van der Waals surface area (Å²) in [5.41, 5.74) is 1.28. The van der Waals surface area contributed by atoms with Crippen LogP contribution < -0.4 is 5.32 Å². The van der Waals surface area contributed by atoms with E-state index in [0.29, 0.717) is 12.3 Å². The van der Waals surface area contributed by atoms with E-state index in [9.17, 15) is 15.2 Å². The molecule has 0 saturated heterocycles. The van der Waals surface area contributed by atoms with E-state index in [0.717, 1.165) is 5.56 Å². The minimum absolute atomic E-state index is 0. The van der Waals surface area contributed by atoms with E-state index in [1.54, 1.807) is 19.1 Å². The number of hydrogen-bond donors (Lipinski definition) is 2. The van der Waals surface area contributed by atoms with E-state index in [4.69, 9.17) is 4.84 Å². The molecule has 1 atom stereocenters. The summed E-state index contributed by atoms with van der Waals surface area (Å²) in [4.78, 5) is 15.2. The highest BCUT2D eigenvalue weighted by molar-refractivity contribution is 5.98. The van der Waals surface area contributed by atoms with Crippen LogP contribution >= 0.6 is 12.4 Å². The molecule has 0 radical (unpaired) electrons. The zero-order valence-electron chi connectivity index (χ0n) is 13.8. The molecule has 0 aromatic heterocycles. The van der Waals surface area contributed by atoms with Gasteiger partial charge >= 0.3 is 0 Å². The molecule has 0 heterocycles. The van der Waals surface area contributed by atoms with Crippen LogP contribution in [0.1, 0.15) is 33.3 Å². The molecule has 0 saturated carbocycles. The van der Waals surface area contributed by atoms with E-state index in [2.05, 4.69) is 10.5 Å².